The number of benzene rings is 1. The Hall–Kier alpha value is -2.02. The van der Waals surface area contributed by atoms with E-state index in [1.165, 1.54) is 13.2 Å². The molecule has 0 spiro atoms. The minimum atomic E-state index is -0.762. The number of amides is 3. The first kappa shape index (κ1) is 12.1. The quantitative estimate of drug-likeness (QED) is 0.824. The van der Waals surface area contributed by atoms with Crippen LogP contribution in [0.25, 0.3) is 0 Å². The molecule has 0 radical (unpaired) electrons. The molecule has 0 fully saturated rings. The summed E-state index contributed by atoms with van der Waals surface area (Å²) in [5, 5.41) is 2.33. The molecule has 0 aromatic heterocycles. The highest BCUT2D eigenvalue weighted by Gasteiger charge is 2.15. The lowest BCUT2D eigenvalue weighted by molar-refractivity contribution is 0.100. The van der Waals surface area contributed by atoms with Gasteiger partial charge in [0.05, 0.1) is 18.4 Å². The van der Waals surface area contributed by atoms with Gasteiger partial charge in [-0.3, -0.25) is 4.79 Å². The fourth-order valence-electron chi connectivity index (χ4n) is 1.17. The van der Waals surface area contributed by atoms with Crippen LogP contribution in [0.5, 0.6) is 5.75 Å². The minimum absolute atomic E-state index is 0.131. The lowest BCUT2D eigenvalue weighted by Crippen LogP contribution is -2.16. The summed E-state index contributed by atoms with van der Waals surface area (Å²) >= 11 is 4.22. The zero-order valence-electron chi connectivity index (χ0n) is 8.39. The summed E-state index contributed by atoms with van der Waals surface area (Å²) in [4.78, 5) is 22.2. The van der Waals surface area contributed by atoms with Gasteiger partial charge in [-0.05, 0) is 12.1 Å². The molecule has 3 amide bonds. The average molecular weight is 239 g/mol. The van der Waals surface area contributed by atoms with Crippen LogP contribution < -0.4 is 15.8 Å². The Morgan fingerprint density at radius 2 is 2.19 bits per heavy atom. The van der Waals surface area contributed by atoms with Crippen LogP contribution in [0.15, 0.2) is 22.6 Å². The highest BCUT2D eigenvalue weighted by Crippen LogP contribution is 2.28. The lowest BCUT2D eigenvalue weighted by Gasteiger charge is -2.11. The van der Waals surface area contributed by atoms with E-state index >= 15 is 0 Å². The average Bonchev–Trinajstić information content (AvgIpc) is 2.28. The molecule has 7 heteroatoms. The summed E-state index contributed by atoms with van der Waals surface area (Å²) in [6, 6.07) is 3.86. The molecule has 0 aliphatic rings. The van der Waals surface area contributed by atoms with Gasteiger partial charge < -0.3 is 15.8 Å². The van der Waals surface area contributed by atoms with E-state index in [0.29, 0.717) is 5.75 Å². The smallest absolute Gasteiger partial charge is 0.356 e. The van der Waals surface area contributed by atoms with E-state index in [0.717, 1.165) is 0 Å². The number of nitrogens with one attached hydrogen (secondary N) is 1. The molecule has 0 unspecified atom stereocenters. The third-order valence-corrected chi connectivity index (χ3v) is 1.99. The van der Waals surface area contributed by atoms with E-state index in [1.807, 2.05) is 0 Å². The normalized spacial score (nSPS) is 9.31. The highest BCUT2D eigenvalue weighted by molar-refractivity contribution is 7.47. The first-order valence-corrected chi connectivity index (χ1v) is 4.57. The third kappa shape index (κ3) is 2.51. The maximum absolute atomic E-state index is 11.1. The zero-order chi connectivity index (χ0) is 12.1. The molecule has 3 N–H and O–H groups in total. The van der Waals surface area contributed by atoms with E-state index in [9.17, 15) is 9.59 Å². The molecule has 0 bridgehead atoms. The number of nitrogens with zero attached hydrogens (tertiary/aromatic N) is 1. The number of hydrogen-bond acceptors (Lipinski definition) is 4. The van der Waals surface area contributed by atoms with Crippen molar-refractivity contribution in [3.63, 3.8) is 0 Å². The van der Waals surface area contributed by atoms with Crippen LogP contribution in [0, 0.1) is 0 Å². The second kappa shape index (κ2) is 5.17. The van der Waals surface area contributed by atoms with Crippen molar-refractivity contribution in [1.29, 1.82) is 0 Å². The molecule has 0 saturated carbocycles. The summed E-state index contributed by atoms with van der Waals surface area (Å²) in [6.45, 7) is 0. The van der Waals surface area contributed by atoms with E-state index in [1.54, 1.807) is 12.1 Å². The van der Waals surface area contributed by atoms with Gasteiger partial charge in [0.1, 0.15) is 5.75 Å². The van der Waals surface area contributed by atoms with Crippen LogP contribution in [-0.2, 0) is 12.4 Å². The number of methoxy groups -OCH3 is 1. The number of carbonyl (C=O) groups is 2. The second-order valence-electron chi connectivity index (χ2n) is 2.77. The number of rotatable bonds is 3. The van der Waals surface area contributed by atoms with Gasteiger partial charge in [0.15, 0.2) is 0 Å². The molecule has 16 heavy (non-hydrogen) atoms. The van der Waals surface area contributed by atoms with Crippen molar-refractivity contribution < 1.29 is 14.3 Å². The van der Waals surface area contributed by atoms with Crippen molar-refractivity contribution in [2.45, 2.75) is 0 Å². The van der Waals surface area contributed by atoms with Gasteiger partial charge in [0.25, 0.3) is 5.91 Å². The van der Waals surface area contributed by atoms with Gasteiger partial charge in [0.2, 0.25) is 0 Å². The number of urea groups is 1. The van der Waals surface area contributed by atoms with E-state index in [-0.39, 0.29) is 11.3 Å². The van der Waals surface area contributed by atoms with Crippen molar-refractivity contribution in [3.05, 3.63) is 23.8 Å². The van der Waals surface area contributed by atoms with Crippen molar-refractivity contribution in [2.24, 2.45) is 10.1 Å². The Balaban J connectivity index is 3.24. The monoisotopic (exact) mass is 239 g/mol. The summed E-state index contributed by atoms with van der Waals surface area (Å²) in [5.41, 5.74) is 5.45. The molecular formula is C9H9N3O3S. The standard InChI is InChI=1S/C9H9N3O3S/c1-15-6-4-2-3-5(8(10)13)7(6)11-9(14)12-16/h2-4H,1H3,(H2,10,13)(H,11,14). The number of nitrogens with two attached hydrogens (primary N) is 1. The Labute approximate surface area is 96.9 Å². The molecular weight excluding hydrogens is 230 g/mol. The molecule has 0 aliphatic heterocycles. The fourth-order valence-corrected chi connectivity index (χ4v) is 1.21. The molecule has 0 atom stereocenters. The number of carbonyl (C=O) groups excluding carboxylic acids is 2. The van der Waals surface area contributed by atoms with E-state index in [4.69, 9.17) is 10.5 Å². The van der Waals surface area contributed by atoms with Gasteiger partial charge in [-0.1, -0.05) is 6.07 Å². The van der Waals surface area contributed by atoms with Crippen molar-refractivity contribution in [2.75, 3.05) is 12.4 Å². The molecule has 84 valence electrons. The number of para-hydroxylation sites is 1. The number of ether oxygens (including phenoxy) is 1. The molecule has 0 heterocycles. The Morgan fingerprint density at radius 1 is 1.50 bits per heavy atom. The summed E-state index contributed by atoms with van der Waals surface area (Å²) in [5.74, 6) is -0.373. The first-order valence-electron chi connectivity index (χ1n) is 4.21. The first-order chi connectivity index (χ1) is 7.60. The van der Waals surface area contributed by atoms with E-state index < -0.39 is 11.9 Å². The number of anilines is 1. The van der Waals surface area contributed by atoms with Crippen LogP contribution >= 0.6 is 0 Å². The SMILES string of the molecule is COc1cccc(C(N)=O)c1NC(=O)N=S. The predicted octanol–water partition coefficient (Wildman–Crippen LogP) is 1.06. The minimum Gasteiger partial charge on any atom is -0.495 e. The van der Waals surface area contributed by atoms with E-state index in [2.05, 4.69) is 22.1 Å². The van der Waals surface area contributed by atoms with Gasteiger partial charge >= 0.3 is 6.03 Å². The van der Waals surface area contributed by atoms with Gasteiger partial charge in [-0.15, -0.1) is 4.36 Å². The summed E-state index contributed by atoms with van der Waals surface area (Å²) in [6.07, 6.45) is 0. The topological polar surface area (TPSA) is 93.8 Å². The van der Waals surface area contributed by atoms with Crippen LogP contribution in [0.3, 0.4) is 0 Å². The van der Waals surface area contributed by atoms with Crippen LogP contribution in [-0.4, -0.2) is 19.0 Å². The predicted molar refractivity (Wildman–Crippen MR) is 60.3 cm³/mol. The van der Waals surface area contributed by atoms with Gasteiger partial charge in [-0.2, -0.15) is 0 Å². The largest absolute Gasteiger partial charge is 0.495 e. The van der Waals surface area contributed by atoms with Crippen LogP contribution in [0.1, 0.15) is 10.4 Å². The third-order valence-electron chi connectivity index (χ3n) is 1.83. The second-order valence-corrected chi connectivity index (χ2v) is 2.95. The molecule has 1 rings (SSSR count). The zero-order valence-corrected chi connectivity index (χ0v) is 9.21. The highest BCUT2D eigenvalue weighted by atomic mass is 32.1. The maximum Gasteiger partial charge on any atom is 0.356 e. The van der Waals surface area contributed by atoms with Crippen molar-refractivity contribution >= 4 is 30.1 Å². The fraction of sp³-hybridized carbons (Fsp3) is 0.111. The molecule has 1 aromatic rings. The molecule has 6 nitrogen and oxygen atoms in total. The van der Waals surface area contributed by atoms with Crippen LogP contribution in [0.2, 0.25) is 0 Å². The van der Waals surface area contributed by atoms with Crippen LogP contribution in [0.4, 0.5) is 10.5 Å². The number of primary amides is 1. The Kier molecular flexibility index (Phi) is 3.90. The number of hydrogen-bond donors (Lipinski definition) is 2. The lowest BCUT2D eigenvalue weighted by atomic mass is 10.1. The maximum atomic E-state index is 11.1. The summed E-state index contributed by atoms with van der Waals surface area (Å²) in [7, 11) is 1.40. The van der Waals surface area contributed by atoms with Crippen molar-refractivity contribution in [1.82, 2.24) is 0 Å². The molecule has 0 aliphatic carbocycles. The summed E-state index contributed by atoms with van der Waals surface area (Å²) < 4.78 is 7.97. The van der Waals surface area contributed by atoms with Gasteiger partial charge in [-0.25, -0.2) is 4.79 Å². The Morgan fingerprint density at radius 3 is 2.69 bits per heavy atom. The van der Waals surface area contributed by atoms with Gasteiger partial charge in [0, 0.05) is 12.4 Å². The van der Waals surface area contributed by atoms with Crippen molar-refractivity contribution in [3.8, 4) is 5.75 Å². The molecule has 1 aromatic carbocycles. The Bertz CT molecular complexity index is 448. The molecule has 0 saturated heterocycles.